The van der Waals surface area contributed by atoms with E-state index in [0.29, 0.717) is 24.7 Å². The highest BCUT2D eigenvalue weighted by Crippen LogP contribution is 2.33. The maximum absolute atomic E-state index is 5.41. The highest BCUT2D eigenvalue weighted by atomic mass is 16.5. The number of aromatic nitrogens is 2. The molecule has 0 atom stereocenters. The molecule has 2 aromatic rings. The van der Waals surface area contributed by atoms with Gasteiger partial charge in [0.25, 0.3) is 0 Å². The van der Waals surface area contributed by atoms with E-state index in [1.54, 1.807) is 14.2 Å². The van der Waals surface area contributed by atoms with Crippen molar-refractivity contribution in [1.29, 1.82) is 0 Å². The Labute approximate surface area is 135 Å². The third-order valence-electron chi connectivity index (χ3n) is 3.84. The summed E-state index contributed by atoms with van der Waals surface area (Å²) in [5.74, 6) is 2.06. The summed E-state index contributed by atoms with van der Waals surface area (Å²) in [4.78, 5) is 11.6. The van der Waals surface area contributed by atoms with Gasteiger partial charge >= 0.3 is 0 Å². The van der Waals surface area contributed by atoms with Gasteiger partial charge in [0.2, 0.25) is 5.95 Å². The third-order valence-corrected chi connectivity index (χ3v) is 3.84. The molecule has 6 nitrogen and oxygen atoms in total. The van der Waals surface area contributed by atoms with Gasteiger partial charge in [0, 0.05) is 24.5 Å². The molecule has 0 unspecified atom stereocenters. The minimum absolute atomic E-state index is 0.665. The Bertz CT molecular complexity index is 725. The van der Waals surface area contributed by atoms with Crippen molar-refractivity contribution in [3.8, 4) is 11.5 Å². The first-order valence-corrected chi connectivity index (χ1v) is 7.66. The van der Waals surface area contributed by atoms with Crippen LogP contribution in [0.25, 0.3) is 17.0 Å². The van der Waals surface area contributed by atoms with Crippen molar-refractivity contribution >= 4 is 22.9 Å². The smallest absolute Gasteiger partial charge is 0.226 e. The zero-order chi connectivity index (χ0) is 16.2. The Kier molecular flexibility index (Phi) is 4.62. The van der Waals surface area contributed by atoms with Crippen molar-refractivity contribution in [3.05, 3.63) is 23.9 Å². The quantitative estimate of drug-likeness (QED) is 0.864. The lowest BCUT2D eigenvalue weighted by Crippen LogP contribution is -2.37. The molecule has 23 heavy (non-hydrogen) atoms. The average Bonchev–Trinajstić information content (AvgIpc) is 2.61. The van der Waals surface area contributed by atoms with Crippen molar-refractivity contribution in [3.63, 3.8) is 0 Å². The van der Waals surface area contributed by atoms with Crippen LogP contribution < -0.4 is 14.4 Å². The van der Waals surface area contributed by atoms with Crippen molar-refractivity contribution < 1.29 is 14.2 Å². The van der Waals surface area contributed by atoms with Crippen molar-refractivity contribution in [2.75, 3.05) is 45.4 Å². The molecule has 0 N–H and O–H groups in total. The van der Waals surface area contributed by atoms with E-state index >= 15 is 0 Å². The summed E-state index contributed by atoms with van der Waals surface area (Å²) in [6.07, 6.45) is 3.96. The lowest BCUT2D eigenvalue weighted by molar-refractivity contribution is 0.122. The normalized spacial score (nSPS) is 15.3. The lowest BCUT2D eigenvalue weighted by atomic mass is 10.1. The second kappa shape index (κ2) is 6.83. The van der Waals surface area contributed by atoms with Gasteiger partial charge in [-0.3, -0.25) is 0 Å². The van der Waals surface area contributed by atoms with E-state index in [0.717, 1.165) is 35.6 Å². The van der Waals surface area contributed by atoms with Gasteiger partial charge in [-0.1, -0.05) is 6.08 Å². The Morgan fingerprint density at radius 3 is 2.43 bits per heavy atom. The van der Waals surface area contributed by atoms with E-state index in [-0.39, 0.29) is 0 Å². The molecule has 0 saturated carbocycles. The molecule has 1 fully saturated rings. The van der Waals surface area contributed by atoms with Crippen LogP contribution in [0.5, 0.6) is 11.5 Å². The molecule has 1 aromatic heterocycles. The summed E-state index contributed by atoms with van der Waals surface area (Å²) in [6, 6.07) is 3.82. The molecule has 1 aromatic carbocycles. The minimum Gasteiger partial charge on any atom is -0.493 e. The fourth-order valence-electron chi connectivity index (χ4n) is 2.66. The topological polar surface area (TPSA) is 56.7 Å². The van der Waals surface area contributed by atoms with E-state index < -0.39 is 0 Å². The molecule has 0 radical (unpaired) electrons. The zero-order valence-electron chi connectivity index (χ0n) is 13.7. The van der Waals surface area contributed by atoms with Gasteiger partial charge in [-0.25, -0.2) is 9.97 Å². The fourth-order valence-corrected chi connectivity index (χ4v) is 2.66. The number of allylic oxidation sites excluding steroid dienone is 1. The van der Waals surface area contributed by atoms with Crippen molar-refractivity contribution in [2.45, 2.75) is 6.92 Å². The van der Waals surface area contributed by atoms with E-state index in [1.807, 2.05) is 31.2 Å². The van der Waals surface area contributed by atoms with Gasteiger partial charge in [0.15, 0.2) is 11.5 Å². The largest absolute Gasteiger partial charge is 0.493 e. The maximum atomic E-state index is 5.41. The van der Waals surface area contributed by atoms with Gasteiger partial charge in [0.1, 0.15) is 0 Å². The summed E-state index contributed by atoms with van der Waals surface area (Å²) >= 11 is 0. The van der Waals surface area contributed by atoms with Gasteiger partial charge in [-0.2, -0.15) is 0 Å². The first-order chi connectivity index (χ1) is 11.3. The second-order valence-electron chi connectivity index (χ2n) is 5.23. The standard InChI is InChI=1S/C17H21N3O3/c1-4-5-13-12-10-15(21-2)16(22-3)11-14(12)19-17(18-13)20-6-8-23-9-7-20/h4-5,10-11H,6-9H2,1-3H3. The number of ether oxygens (including phenoxy) is 3. The number of benzene rings is 1. The summed E-state index contributed by atoms with van der Waals surface area (Å²) in [5, 5.41) is 0.942. The molecule has 1 aliphatic heterocycles. The van der Waals surface area contributed by atoms with Crippen LogP contribution in [-0.2, 0) is 4.74 Å². The summed E-state index contributed by atoms with van der Waals surface area (Å²) < 4.78 is 16.2. The van der Waals surface area contributed by atoms with Crippen LogP contribution in [0.1, 0.15) is 12.6 Å². The zero-order valence-corrected chi connectivity index (χ0v) is 13.7. The van der Waals surface area contributed by atoms with Crippen LogP contribution in [0.2, 0.25) is 0 Å². The number of anilines is 1. The Morgan fingerprint density at radius 2 is 1.78 bits per heavy atom. The number of rotatable bonds is 4. The summed E-state index contributed by atoms with van der Waals surface area (Å²) in [7, 11) is 3.25. The molecule has 0 amide bonds. The molecule has 6 heteroatoms. The number of hydrogen-bond donors (Lipinski definition) is 0. The van der Waals surface area contributed by atoms with Crippen LogP contribution in [-0.4, -0.2) is 50.5 Å². The summed E-state index contributed by atoms with van der Waals surface area (Å²) in [6.45, 7) is 4.98. The van der Waals surface area contributed by atoms with Crippen LogP contribution in [0.15, 0.2) is 18.2 Å². The van der Waals surface area contributed by atoms with Crippen LogP contribution >= 0.6 is 0 Å². The first kappa shape index (κ1) is 15.6. The van der Waals surface area contributed by atoms with Gasteiger partial charge in [-0.15, -0.1) is 0 Å². The molecule has 1 aliphatic rings. The molecule has 0 spiro atoms. The van der Waals surface area contributed by atoms with Crippen LogP contribution in [0, 0.1) is 0 Å². The van der Waals surface area contributed by atoms with Crippen LogP contribution in [0.4, 0.5) is 5.95 Å². The molecular formula is C17H21N3O3. The molecular weight excluding hydrogens is 294 g/mol. The van der Waals surface area contributed by atoms with Gasteiger partial charge in [-0.05, 0) is 19.1 Å². The SMILES string of the molecule is CC=Cc1nc(N2CCOCC2)nc2cc(OC)c(OC)cc12. The second-order valence-corrected chi connectivity index (χ2v) is 5.23. The third kappa shape index (κ3) is 3.07. The number of fused-ring (bicyclic) bond motifs is 1. The van der Waals surface area contributed by atoms with Gasteiger partial charge < -0.3 is 19.1 Å². The molecule has 2 heterocycles. The monoisotopic (exact) mass is 315 g/mol. The van der Waals surface area contributed by atoms with Crippen molar-refractivity contribution in [1.82, 2.24) is 9.97 Å². The van der Waals surface area contributed by atoms with Crippen molar-refractivity contribution in [2.24, 2.45) is 0 Å². The number of nitrogens with zero attached hydrogens (tertiary/aromatic N) is 3. The maximum Gasteiger partial charge on any atom is 0.226 e. The first-order valence-electron chi connectivity index (χ1n) is 7.66. The predicted octanol–water partition coefficient (Wildman–Crippen LogP) is 2.52. The average molecular weight is 315 g/mol. The van der Waals surface area contributed by atoms with E-state index in [9.17, 15) is 0 Å². The minimum atomic E-state index is 0.665. The number of morpholine rings is 1. The van der Waals surface area contributed by atoms with Gasteiger partial charge in [0.05, 0.1) is 38.6 Å². The predicted molar refractivity (Wildman–Crippen MR) is 90.4 cm³/mol. The Hall–Kier alpha value is -2.34. The van der Waals surface area contributed by atoms with E-state index in [2.05, 4.69) is 4.90 Å². The molecule has 0 bridgehead atoms. The Balaban J connectivity index is 2.16. The number of hydrogen-bond acceptors (Lipinski definition) is 6. The molecule has 1 saturated heterocycles. The molecule has 122 valence electrons. The highest BCUT2D eigenvalue weighted by molar-refractivity contribution is 5.90. The lowest BCUT2D eigenvalue weighted by Gasteiger charge is -2.27. The number of methoxy groups -OCH3 is 2. The Morgan fingerprint density at radius 1 is 1.09 bits per heavy atom. The molecule has 3 rings (SSSR count). The molecule has 0 aliphatic carbocycles. The van der Waals surface area contributed by atoms with E-state index in [1.165, 1.54) is 0 Å². The highest BCUT2D eigenvalue weighted by Gasteiger charge is 2.17. The van der Waals surface area contributed by atoms with Crippen LogP contribution in [0.3, 0.4) is 0 Å². The fraction of sp³-hybridized carbons (Fsp3) is 0.412. The summed E-state index contributed by atoms with van der Waals surface area (Å²) in [5.41, 5.74) is 1.71. The van der Waals surface area contributed by atoms with E-state index in [4.69, 9.17) is 24.2 Å².